The van der Waals surface area contributed by atoms with Crippen molar-refractivity contribution in [2.75, 3.05) is 31.0 Å². The highest BCUT2D eigenvalue weighted by molar-refractivity contribution is 7.91. The van der Waals surface area contributed by atoms with Crippen LogP contribution < -0.4 is 14.8 Å². The lowest BCUT2D eigenvalue weighted by atomic mass is 10.2. The van der Waals surface area contributed by atoms with E-state index in [9.17, 15) is 21.6 Å². The number of halogens is 3. The average molecular weight is 391 g/mol. The third kappa shape index (κ3) is 3.62. The molecule has 1 aromatic carbocycles. The van der Waals surface area contributed by atoms with Gasteiger partial charge in [-0.25, -0.2) is 18.4 Å². The van der Waals surface area contributed by atoms with Gasteiger partial charge in [-0.05, 0) is 12.5 Å². The van der Waals surface area contributed by atoms with Crippen LogP contribution in [0.3, 0.4) is 0 Å². The Balaban J connectivity index is 2.14. The number of hydrogen-bond acceptors (Lipinski definition) is 7. The monoisotopic (exact) mass is 391 g/mol. The van der Waals surface area contributed by atoms with Crippen LogP contribution in [0.25, 0.3) is 10.9 Å². The molecule has 1 saturated heterocycles. The van der Waals surface area contributed by atoms with Crippen molar-refractivity contribution in [3.8, 4) is 11.5 Å². The van der Waals surface area contributed by atoms with E-state index < -0.39 is 27.9 Å². The maximum atomic E-state index is 13.2. The first-order chi connectivity index (χ1) is 12.1. The fourth-order valence-electron chi connectivity index (χ4n) is 2.79. The molecule has 1 aliphatic heterocycles. The molecule has 11 heteroatoms. The molecule has 0 bridgehead atoms. The topological polar surface area (TPSA) is 90.4 Å². The Morgan fingerprint density at radius 2 is 1.81 bits per heavy atom. The minimum atomic E-state index is -4.75. The lowest BCUT2D eigenvalue weighted by Gasteiger charge is -2.17. The van der Waals surface area contributed by atoms with E-state index in [0.717, 1.165) is 0 Å². The van der Waals surface area contributed by atoms with Crippen LogP contribution in [0.2, 0.25) is 0 Å². The van der Waals surface area contributed by atoms with Crippen LogP contribution in [0.5, 0.6) is 11.5 Å². The number of rotatable bonds is 4. The molecule has 1 unspecified atom stereocenters. The second kappa shape index (κ2) is 6.45. The summed E-state index contributed by atoms with van der Waals surface area (Å²) in [6.45, 7) is 0. The summed E-state index contributed by atoms with van der Waals surface area (Å²) in [5.74, 6) is -1.07. The van der Waals surface area contributed by atoms with Crippen molar-refractivity contribution in [2.45, 2.75) is 18.6 Å². The first-order valence-electron chi connectivity index (χ1n) is 7.61. The first kappa shape index (κ1) is 18.5. The fraction of sp³-hybridized carbons (Fsp3) is 0.467. The van der Waals surface area contributed by atoms with Gasteiger partial charge in [0, 0.05) is 17.5 Å². The van der Waals surface area contributed by atoms with E-state index in [1.165, 1.54) is 26.4 Å². The van der Waals surface area contributed by atoms with Crippen LogP contribution in [0.4, 0.5) is 19.0 Å². The second-order valence-corrected chi connectivity index (χ2v) is 8.09. The highest BCUT2D eigenvalue weighted by atomic mass is 32.2. The fourth-order valence-corrected chi connectivity index (χ4v) is 4.47. The minimum absolute atomic E-state index is 0.00771. The minimum Gasteiger partial charge on any atom is -0.493 e. The molecule has 1 aliphatic rings. The summed E-state index contributed by atoms with van der Waals surface area (Å²) in [4.78, 5) is 7.14. The predicted octanol–water partition coefficient (Wildman–Crippen LogP) is 2.26. The van der Waals surface area contributed by atoms with Crippen LogP contribution in [0.1, 0.15) is 12.2 Å². The van der Waals surface area contributed by atoms with E-state index in [-0.39, 0.29) is 34.0 Å². The quantitative estimate of drug-likeness (QED) is 0.855. The van der Waals surface area contributed by atoms with E-state index in [1.54, 1.807) is 0 Å². The summed E-state index contributed by atoms with van der Waals surface area (Å²) in [6, 6.07) is 2.26. The standard InChI is InChI=1S/C15H16F3N3O4S/c1-24-11-5-9-10(6-12(11)25-2)20-14(15(16,17)18)21-13(9)19-8-3-4-26(22,23)7-8/h5-6,8H,3-4,7H2,1-2H3,(H,19,20,21). The Morgan fingerprint density at radius 3 is 2.35 bits per heavy atom. The zero-order valence-corrected chi connectivity index (χ0v) is 14.7. The number of nitrogens with one attached hydrogen (secondary N) is 1. The molecule has 7 nitrogen and oxygen atoms in total. The van der Waals surface area contributed by atoms with Gasteiger partial charge in [-0.1, -0.05) is 0 Å². The summed E-state index contributed by atoms with van der Waals surface area (Å²) in [7, 11) is -0.450. The molecule has 0 radical (unpaired) electrons. The second-order valence-electron chi connectivity index (χ2n) is 5.86. The molecular weight excluding hydrogens is 375 g/mol. The summed E-state index contributed by atoms with van der Waals surface area (Å²) >= 11 is 0. The summed E-state index contributed by atoms with van der Waals surface area (Å²) in [5, 5.41) is 3.09. The highest BCUT2D eigenvalue weighted by Gasteiger charge is 2.36. The van der Waals surface area contributed by atoms with Crippen molar-refractivity contribution in [3.05, 3.63) is 18.0 Å². The molecule has 0 spiro atoms. The Morgan fingerprint density at radius 1 is 1.15 bits per heavy atom. The number of nitrogens with zero attached hydrogens (tertiary/aromatic N) is 2. The third-order valence-electron chi connectivity index (χ3n) is 4.03. The number of fused-ring (bicyclic) bond motifs is 1. The largest absolute Gasteiger partial charge is 0.493 e. The molecule has 2 aromatic rings. The van der Waals surface area contributed by atoms with E-state index >= 15 is 0 Å². The van der Waals surface area contributed by atoms with Crippen molar-refractivity contribution < 1.29 is 31.1 Å². The van der Waals surface area contributed by atoms with Crippen molar-refractivity contribution in [3.63, 3.8) is 0 Å². The maximum Gasteiger partial charge on any atom is 0.451 e. The molecule has 0 amide bonds. The van der Waals surface area contributed by atoms with Gasteiger partial charge in [-0.3, -0.25) is 0 Å². The van der Waals surface area contributed by atoms with Crippen molar-refractivity contribution in [2.24, 2.45) is 0 Å². The van der Waals surface area contributed by atoms with Crippen molar-refractivity contribution >= 4 is 26.6 Å². The van der Waals surface area contributed by atoms with Gasteiger partial charge < -0.3 is 14.8 Å². The van der Waals surface area contributed by atoms with Gasteiger partial charge in [0.25, 0.3) is 0 Å². The predicted molar refractivity (Wildman–Crippen MR) is 88.3 cm³/mol. The number of alkyl halides is 3. The van der Waals surface area contributed by atoms with E-state index in [0.29, 0.717) is 12.2 Å². The summed E-state index contributed by atoms with van der Waals surface area (Å²) in [5.41, 5.74) is 0.00771. The SMILES string of the molecule is COc1cc2nc(C(F)(F)F)nc(NC3CCS(=O)(=O)C3)c2cc1OC. The maximum absolute atomic E-state index is 13.2. The number of sulfone groups is 1. The number of benzene rings is 1. The van der Waals surface area contributed by atoms with Gasteiger partial charge in [0.15, 0.2) is 21.3 Å². The molecule has 142 valence electrons. The van der Waals surface area contributed by atoms with Gasteiger partial charge >= 0.3 is 6.18 Å². The molecule has 0 saturated carbocycles. The van der Waals surface area contributed by atoms with Crippen LogP contribution in [0, 0.1) is 0 Å². The van der Waals surface area contributed by atoms with Crippen LogP contribution in [-0.4, -0.2) is 50.2 Å². The number of methoxy groups -OCH3 is 2. The van der Waals surface area contributed by atoms with Gasteiger partial charge in [0.1, 0.15) is 5.82 Å². The first-order valence-corrected chi connectivity index (χ1v) is 9.43. The summed E-state index contributed by atoms with van der Waals surface area (Å²) < 4.78 is 73.0. The number of ether oxygens (including phenoxy) is 2. The van der Waals surface area contributed by atoms with Crippen LogP contribution >= 0.6 is 0 Å². The number of aromatic nitrogens is 2. The Kier molecular flexibility index (Phi) is 4.59. The molecule has 26 heavy (non-hydrogen) atoms. The molecule has 2 heterocycles. The van der Waals surface area contributed by atoms with Gasteiger partial charge in [-0.2, -0.15) is 13.2 Å². The lowest BCUT2D eigenvalue weighted by Crippen LogP contribution is -2.23. The van der Waals surface area contributed by atoms with E-state index in [2.05, 4.69) is 15.3 Å². The van der Waals surface area contributed by atoms with Crippen molar-refractivity contribution in [1.82, 2.24) is 9.97 Å². The smallest absolute Gasteiger partial charge is 0.451 e. The average Bonchev–Trinajstić information content (AvgIpc) is 2.91. The molecule has 1 atom stereocenters. The van der Waals surface area contributed by atoms with E-state index in [4.69, 9.17) is 9.47 Å². The number of hydrogen-bond donors (Lipinski definition) is 1. The molecule has 1 fully saturated rings. The molecule has 1 aromatic heterocycles. The van der Waals surface area contributed by atoms with Crippen molar-refractivity contribution in [1.29, 1.82) is 0 Å². The molecule has 1 N–H and O–H groups in total. The lowest BCUT2D eigenvalue weighted by molar-refractivity contribution is -0.144. The Bertz CT molecular complexity index is 947. The normalized spacial score (nSPS) is 19.5. The zero-order valence-electron chi connectivity index (χ0n) is 13.9. The van der Waals surface area contributed by atoms with Gasteiger partial charge in [0.2, 0.25) is 5.82 Å². The van der Waals surface area contributed by atoms with Crippen LogP contribution in [-0.2, 0) is 16.0 Å². The van der Waals surface area contributed by atoms with Gasteiger partial charge in [-0.15, -0.1) is 0 Å². The Labute approximate surface area is 147 Å². The third-order valence-corrected chi connectivity index (χ3v) is 5.80. The molecular formula is C15H16F3N3O4S. The molecule has 0 aliphatic carbocycles. The number of anilines is 1. The molecule has 3 rings (SSSR count). The summed E-state index contributed by atoms with van der Waals surface area (Å²) in [6.07, 6.45) is -4.46. The van der Waals surface area contributed by atoms with E-state index in [1.807, 2.05) is 0 Å². The van der Waals surface area contributed by atoms with Crippen LogP contribution in [0.15, 0.2) is 12.1 Å². The zero-order chi connectivity index (χ0) is 19.1. The van der Waals surface area contributed by atoms with Gasteiger partial charge in [0.05, 0.1) is 31.2 Å². The Hall–Kier alpha value is -2.30. The highest BCUT2D eigenvalue weighted by Crippen LogP contribution is 2.37.